The lowest BCUT2D eigenvalue weighted by Gasteiger charge is -2.39. The van der Waals surface area contributed by atoms with Gasteiger partial charge in [-0.15, -0.1) is 0 Å². The first-order chi connectivity index (χ1) is 9.58. The lowest BCUT2D eigenvalue weighted by Crippen LogP contribution is -2.52. The Balaban J connectivity index is 1.96. The highest BCUT2D eigenvalue weighted by Crippen LogP contribution is 2.25. The Morgan fingerprint density at radius 1 is 1.30 bits per heavy atom. The van der Waals surface area contributed by atoms with Gasteiger partial charge in [-0.3, -0.25) is 0 Å². The van der Waals surface area contributed by atoms with Crippen LogP contribution in [0, 0.1) is 0 Å². The van der Waals surface area contributed by atoms with E-state index < -0.39 is 0 Å². The second-order valence-corrected chi connectivity index (χ2v) is 5.43. The zero-order valence-electron chi connectivity index (χ0n) is 12.4. The molecule has 0 saturated carbocycles. The van der Waals surface area contributed by atoms with E-state index in [1.807, 2.05) is 36.2 Å². The van der Waals surface area contributed by atoms with Gasteiger partial charge in [0.2, 0.25) is 0 Å². The van der Waals surface area contributed by atoms with Gasteiger partial charge < -0.3 is 20.3 Å². The van der Waals surface area contributed by atoms with Gasteiger partial charge in [-0.1, -0.05) is 12.1 Å². The molecule has 0 spiro atoms. The quantitative estimate of drug-likeness (QED) is 0.891. The van der Waals surface area contributed by atoms with Crippen LogP contribution in [-0.4, -0.2) is 43.7 Å². The number of para-hydroxylation sites is 2. The third kappa shape index (κ3) is 3.22. The van der Waals surface area contributed by atoms with E-state index in [0.29, 0.717) is 11.4 Å². The average Bonchev–Trinajstić information content (AvgIpc) is 2.48. The number of ether oxygens (including phenoxy) is 1. The highest BCUT2D eigenvalue weighted by molar-refractivity contribution is 5.91. The fourth-order valence-corrected chi connectivity index (χ4v) is 2.40. The third-order valence-corrected chi connectivity index (χ3v) is 4.11. The molecule has 0 unspecified atom stereocenters. The molecule has 2 N–H and O–H groups in total. The zero-order valence-corrected chi connectivity index (χ0v) is 12.4. The van der Waals surface area contributed by atoms with E-state index >= 15 is 0 Å². The Labute approximate surface area is 120 Å². The second kappa shape index (κ2) is 6.13. The maximum atomic E-state index is 12.3. The number of carbonyl (C=O) groups excluding carboxylic acids is 1. The van der Waals surface area contributed by atoms with Crippen LogP contribution in [0.25, 0.3) is 0 Å². The van der Waals surface area contributed by atoms with Crippen molar-refractivity contribution >= 4 is 11.7 Å². The van der Waals surface area contributed by atoms with Gasteiger partial charge >= 0.3 is 6.03 Å². The SMILES string of the molecule is CNC1(C)CCN(C(=O)Nc2ccccc2OC)CC1. The molecule has 5 heteroatoms. The minimum atomic E-state index is -0.0624. The number of urea groups is 1. The van der Waals surface area contributed by atoms with Crippen LogP contribution in [0.1, 0.15) is 19.8 Å². The van der Waals surface area contributed by atoms with E-state index in [9.17, 15) is 4.79 Å². The van der Waals surface area contributed by atoms with Crippen LogP contribution >= 0.6 is 0 Å². The summed E-state index contributed by atoms with van der Waals surface area (Å²) in [7, 11) is 3.58. The summed E-state index contributed by atoms with van der Waals surface area (Å²) in [5, 5.41) is 6.25. The molecule has 1 aliphatic rings. The summed E-state index contributed by atoms with van der Waals surface area (Å²) in [6.07, 6.45) is 1.92. The first kappa shape index (κ1) is 14.7. The van der Waals surface area contributed by atoms with E-state index in [1.165, 1.54) is 0 Å². The summed E-state index contributed by atoms with van der Waals surface area (Å²) >= 11 is 0. The van der Waals surface area contributed by atoms with Crippen molar-refractivity contribution in [2.45, 2.75) is 25.3 Å². The van der Waals surface area contributed by atoms with Gasteiger partial charge in [0.15, 0.2) is 0 Å². The predicted octanol–water partition coefficient (Wildman–Crippen LogP) is 2.30. The fourth-order valence-electron chi connectivity index (χ4n) is 2.40. The fraction of sp³-hybridized carbons (Fsp3) is 0.533. The Morgan fingerprint density at radius 2 is 1.95 bits per heavy atom. The van der Waals surface area contributed by atoms with E-state index in [2.05, 4.69) is 17.6 Å². The lowest BCUT2D eigenvalue weighted by molar-refractivity contribution is 0.163. The molecule has 0 atom stereocenters. The Bertz CT molecular complexity index is 468. The van der Waals surface area contributed by atoms with E-state index in [4.69, 9.17) is 4.74 Å². The van der Waals surface area contributed by atoms with Gasteiger partial charge in [-0.05, 0) is 38.9 Å². The number of benzene rings is 1. The van der Waals surface area contributed by atoms with Gasteiger partial charge in [-0.25, -0.2) is 4.79 Å². The Hall–Kier alpha value is -1.75. The molecule has 0 aromatic heterocycles. The van der Waals surface area contributed by atoms with Crippen LogP contribution in [0.2, 0.25) is 0 Å². The summed E-state index contributed by atoms with van der Waals surface area (Å²) in [6.45, 7) is 3.72. The highest BCUT2D eigenvalue weighted by Gasteiger charge is 2.30. The molecule has 1 aliphatic heterocycles. The molecule has 1 fully saturated rings. The number of anilines is 1. The highest BCUT2D eigenvalue weighted by atomic mass is 16.5. The summed E-state index contributed by atoms with van der Waals surface area (Å²) < 4.78 is 5.24. The molecule has 1 aromatic carbocycles. The van der Waals surface area contributed by atoms with Crippen LogP contribution < -0.4 is 15.4 Å². The van der Waals surface area contributed by atoms with Crippen molar-refractivity contribution in [1.82, 2.24) is 10.2 Å². The first-order valence-electron chi connectivity index (χ1n) is 6.96. The average molecular weight is 277 g/mol. The molecule has 1 saturated heterocycles. The van der Waals surface area contributed by atoms with Crippen LogP contribution in [0.15, 0.2) is 24.3 Å². The molecule has 1 heterocycles. The molecular formula is C15H23N3O2. The van der Waals surface area contributed by atoms with Gasteiger partial charge in [-0.2, -0.15) is 0 Å². The molecular weight excluding hydrogens is 254 g/mol. The van der Waals surface area contributed by atoms with Crippen molar-refractivity contribution in [2.75, 3.05) is 32.6 Å². The normalized spacial score (nSPS) is 17.6. The van der Waals surface area contributed by atoms with Crippen molar-refractivity contribution in [3.63, 3.8) is 0 Å². The van der Waals surface area contributed by atoms with Crippen LogP contribution in [0.3, 0.4) is 0 Å². The molecule has 110 valence electrons. The first-order valence-corrected chi connectivity index (χ1v) is 6.96. The van der Waals surface area contributed by atoms with E-state index in [-0.39, 0.29) is 11.6 Å². The summed E-state index contributed by atoms with van der Waals surface area (Å²) in [6, 6.07) is 7.38. The number of carbonyl (C=O) groups is 1. The van der Waals surface area contributed by atoms with Crippen molar-refractivity contribution in [2.24, 2.45) is 0 Å². The van der Waals surface area contributed by atoms with Crippen molar-refractivity contribution in [3.8, 4) is 5.75 Å². The number of hydrogen-bond donors (Lipinski definition) is 2. The number of likely N-dealkylation sites (tertiary alicyclic amines) is 1. The number of nitrogens with one attached hydrogen (secondary N) is 2. The van der Waals surface area contributed by atoms with E-state index in [0.717, 1.165) is 25.9 Å². The van der Waals surface area contributed by atoms with Gasteiger partial charge in [0.1, 0.15) is 5.75 Å². The van der Waals surface area contributed by atoms with Crippen LogP contribution in [-0.2, 0) is 0 Å². The maximum absolute atomic E-state index is 12.3. The minimum absolute atomic E-state index is 0.0624. The molecule has 2 amide bonds. The largest absolute Gasteiger partial charge is 0.495 e. The summed E-state index contributed by atoms with van der Waals surface area (Å²) in [5.74, 6) is 0.679. The van der Waals surface area contributed by atoms with Crippen molar-refractivity contribution in [1.29, 1.82) is 0 Å². The molecule has 0 aliphatic carbocycles. The number of amides is 2. The molecule has 20 heavy (non-hydrogen) atoms. The molecule has 0 bridgehead atoms. The van der Waals surface area contributed by atoms with Gasteiger partial charge in [0.25, 0.3) is 0 Å². The monoisotopic (exact) mass is 277 g/mol. The van der Waals surface area contributed by atoms with Crippen molar-refractivity contribution < 1.29 is 9.53 Å². The number of piperidine rings is 1. The number of rotatable bonds is 3. The maximum Gasteiger partial charge on any atom is 0.321 e. The number of hydrogen-bond acceptors (Lipinski definition) is 3. The third-order valence-electron chi connectivity index (χ3n) is 4.11. The van der Waals surface area contributed by atoms with Crippen LogP contribution in [0.5, 0.6) is 5.75 Å². The van der Waals surface area contributed by atoms with E-state index in [1.54, 1.807) is 7.11 Å². The lowest BCUT2D eigenvalue weighted by atomic mass is 9.90. The van der Waals surface area contributed by atoms with Gasteiger partial charge in [0.05, 0.1) is 12.8 Å². The van der Waals surface area contributed by atoms with Gasteiger partial charge in [0, 0.05) is 18.6 Å². The summed E-state index contributed by atoms with van der Waals surface area (Å²) in [5.41, 5.74) is 0.850. The standard InChI is InChI=1S/C15H23N3O2/c1-15(16-2)8-10-18(11-9-15)14(19)17-12-6-4-5-7-13(12)20-3/h4-7,16H,8-11H2,1-3H3,(H,17,19). The molecule has 5 nitrogen and oxygen atoms in total. The summed E-state index contributed by atoms with van der Waals surface area (Å²) in [4.78, 5) is 14.1. The van der Waals surface area contributed by atoms with Crippen LogP contribution in [0.4, 0.5) is 10.5 Å². The van der Waals surface area contributed by atoms with Crippen molar-refractivity contribution in [3.05, 3.63) is 24.3 Å². The topological polar surface area (TPSA) is 53.6 Å². The molecule has 0 radical (unpaired) electrons. The Morgan fingerprint density at radius 3 is 2.55 bits per heavy atom. The molecule has 1 aromatic rings. The smallest absolute Gasteiger partial charge is 0.321 e. The number of nitrogens with zero attached hydrogens (tertiary/aromatic N) is 1. The predicted molar refractivity (Wildman–Crippen MR) is 80.3 cm³/mol. The molecule has 2 rings (SSSR count). The number of methoxy groups -OCH3 is 1. The zero-order chi connectivity index (χ0) is 14.6. The minimum Gasteiger partial charge on any atom is -0.495 e. The second-order valence-electron chi connectivity index (χ2n) is 5.43. The Kier molecular flexibility index (Phi) is 4.49.